The zero-order valence-electron chi connectivity index (χ0n) is 13.8. The van der Waals surface area contributed by atoms with Crippen molar-refractivity contribution in [1.82, 2.24) is 0 Å². The van der Waals surface area contributed by atoms with E-state index in [4.69, 9.17) is 0 Å². The van der Waals surface area contributed by atoms with Crippen molar-refractivity contribution in [2.24, 2.45) is 17.3 Å². The van der Waals surface area contributed by atoms with Crippen LogP contribution in [-0.4, -0.2) is 11.1 Å². The third-order valence-electron chi connectivity index (χ3n) is 5.54. The van der Waals surface area contributed by atoms with Crippen molar-refractivity contribution in [2.45, 2.75) is 59.8 Å². The van der Waals surface area contributed by atoms with Gasteiger partial charge in [-0.2, -0.15) is 0 Å². The lowest BCUT2D eigenvalue weighted by atomic mass is 9.65. The van der Waals surface area contributed by atoms with E-state index in [1.165, 1.54) is 16.7 Å². The molecule has 0 bridgehead atoms. The van der Waals surface area contributed by atoms with Gasteiger partial charge in [0.2, 0.25) is 0 Å². The van der Waals surface area contributed by atoms with E-state index in [2.05, 4.69) is 45.9 Å². The first-order valence-corrected chi connectivity index (χ1v) is 8.14. The molecule has 0 spiro atoms. The second kappa shape index (κ2) is 6.21. The number of carboxylic acids is 1. The molecule has 1 aliphatic carbocycles. The van der Waals surface area contributed by atoms with Gasteiger partial charge in [0.15, 0.2) is 0 Å². The molecule has 1 aromatic carbocycles. The zero-order chi connectivity index (χ0) is 15.6. The number of rotatable bonds is 4. The third-order valence-corrected chi connectivity index (χ3v) is 5.54. The number of aryl methyl sites for hydroxylation is 2. The summed E-state index contributed by atoms with van der Waals surface area (Å²) < 4.78 is 0. The minimum Gasteiger partial charge on any atom is -0.481 e. The van der Waals surface area contributed by atoms with E-state index in [0.717, 1.165) is 25.7 Å². The molecular weight excluding hydrogens is 260 g/mol. The zero-order valence-corrected chi connectivity index (χ0v) is 13.8. The van der Waals surface area contributed by atoms with Gasteiger partial charge in [0.1, 0.15) is 0 Å². The first kappa shape index (κ1) is 16.1. The minimum atomic E-state index is -0.604. The number of hydrogen-bond donors (Lipinski definition) is 1. The van der Waals surface area contributed by atoms with Gasteiger partial charge in [-0.15, -0.1) is 0 Å². The van der Waals surface area contributed by atoms with Crippen molar-refractivity contribution in [3.8, 4) is 0 Å². The molecule has 2 rings (SSSR count). The predicted octanol–water partition coefficient (Wildman–Crippen LogP) is 4.76. The van der Waals surface area contributed by atoms with Crippen LogP contribution in [0.4, 0.5) is 0 Å². The van der Waals surface area contributed by atoms with Crippen LogP contribution in [0.5, 0.6) is 0 Å². The van der Waals surface area contributed by atoms with Gasteiger partial charge in [0, 0.05) is 0 Å². The molecule has 1 aromatic rings. The van der Waals surface area contributed by atoms with Gasteiger partial charge in [-0.1, -0.05) is 32.0 Å². The predicted molar refractivity (Wildman–Crippen MR) is 86.5 cm³/mol. The molecule has 0 radical (unpaired) electrons. The van der Waals surface area contributed by atoms with Crippen LogP contribution < -0.4 is 0 Å². The van der Waals surface area contributed by atoms with E-state index in [0.29, 0.717) is 18.3 Å². The minimum absolute atomic E-state index is 0.553. The quantitative estimate of drug-likeness (QED) is 0.867. The normalized spacial score (nSPS) is 26.0. The molecule has 0 aromatic heterocycles. The van der Waals surface area contributed by atoms with Crippen LogP contribution in [0.2, 0.25) is 0 Å². The van der Waals surface area contributed by atoms with Crippen molar-refractivity contribution >= 4 is 5.97 Å². The van der Waals surface area contributed by atoms with Crippen LogP contribution in [0.1, 0.15) is 56.2 Å². The van der Waals surface area contributed by atoms with E-state index < -0.39 is 11.4 Å². The van der Waals surface area contributed by atoms with Crippen LogP contribution in [-0.2, 0) is 11.2 Å². The maximum absolute atomic E-state index is 12.0. The Morgan fingerprint density at radius 3 is 2.19 bits per heavy atom. The van der Waals surface area contributed by atoms with Crippen molar-refractivity contribution in [1.29, 1.82) is 0 Å². The molecule has 0 saturated heterocycles. The Labute approximate surface area is 128 Å². The molecule has 0 atom stereocenters. The molecule has 0 heterocycles. The van der Waals surface area contributed by atoms with Crippen molar-refractivity contribution in [2.75, 3.05) is 0 Å². The van der Waals surface area contributed by atoms with Gasteiger partial charge in [-0.3, -0.25) is 4.79 Å². The molecule has 1 saturated carbocycles. The highest BCUT2D eigenvalue weighted by Gasteiger charge is 2.42. The topological polar surface area (TPSA) is 37.3 Å². The van der Waals surface area contributed by atoms with Crippen LogP contribution in [0.3, 0.4) is 0 Å². The Bertz CT molecular complexity index is 488. The maximum atomic E-state index is 12.0. The monoisotopic (exact) mass is 288 g/mol. The number of benzene rings is 1. The molecule has 116 valence electrons. The van der Waals surface area contributed by atoms with Crippen LogP contribution in [0.15, 0.2) is 18.2 Å². The summed E-state index contributed by atoms with van der Waals surface area (Å²) in [6.45, 7) is 8.70. The van der Waals surface area contributed by atoms with Crippen LogP contribution in [0.25, 0.3) is 0 Å². The molecule has 2 nitrogen and oxygen atoms in total. The summed E-state index contributed by atoms with van der Waals surface area (Å²) in [7, 11) is 0. The van der Waals surface area contributed by atoms with Gasteiger partial charge in [-0.25, -0.2) is 0 Å². The average molecular weight is 288 g/mol. The SMILES string of the molecule is Cc1cccc(C)c1CC1(C(=O)O)CCC(C(C)C)CC1. The highest BCUT2D eigenvalue weighted by molar-refractivity contribution is 5.75. The van der Waals surface area contributed by atoms with Gasteiger partial charge in [0.05, 0.1) is 5.41 Å². The number of carbonyl (C=O) groups is 1. The molecule has 1 fully saturated rings. The summed E-state index contributed by atoms with van der Waals surface area (Å²) in [5, 5.41) is 9.86. The lowest BCUT2D eigenvalue weighted by Crippen LogP contribution is -2.38. The fraction of sp³-hybridized carbons (Fsp3) is 0.632. The largest absolute Gasteiger partial charge is 0.481 e. The Morgan fingerprint density at radius 2 is 1.76 bits per heavy atom. The lowest BCUT2D eigenvalue weighted by Gasteiger charge is -2.39. The maximum Gasteiger partial charge on any atom is 0.309 e. The standard InChI is InChI=1S/C19H28O2/c1-13(2)16-8-10-19(11-9-16,18(20)21)12-17-14(3)6-5-7-15(17)4/h5-7,13,16H,8-12H2,1-4H3,(H,20,21). The van der Waals surface area contributed by atoms with E-state index in [-0.39, 0.29) is 0 Å². The Kier molecular flexibility index (Phi) is 4.75. The van der Waals surface area contributed by atoms with Gasteiger partial charge in [-0.05, 0) is 74.5 Å². The number of hydrogen-bond acceptors (Lipinski definition) is 1. The summed E-state index contributed by atoms with van der Waals surface area (Å²) in [5.74, 6) is 0.750. The van der Waals surface area contributed by atoms with Crippen molar-refractivity contribution in [3.63, 3.8) is 0 Å². The number of carboxylic acid groups (broad SMARTS) is 1. The second-order valence-corrected chi connectivity index (χ2v) is 7.21. The smallest absolute Gasteiger partial charge is 0.309 e. The Morgan fingerprint density at radius 1 is 1.24 bits per heavy atom. The fourth-order valence-electron chi connectivity index (χ4n) is 3.79. The van der Waals surface area contributed by atoms with E-state index in [1.54, 1.807) is 0 Å². The van der Waals surface area contributed by atoms with Crippen molar-refractivity contribution < 1.29 is 9.90 Å². The van der Waals surface area contributed by atoms with E-state index >= 15 is 0 Å². The lowest BCUT2D eigenvalue weighted by molar-refractivity contribution is -0.151. The summed E-state index contributed by atoms with van der Waals surface area (Å²) in [6.07, 6.45) is 4.42. The first-order valence-electron chi connectivity index (χ1n) is 8.14. The summed E-state index contributed by atoms with van der Waals surface area (Å²) >= 11 is 0. The van der Waals surface area contributed by atoms with Gasteiger partial charge < -0.3 is 5.11 Å². The molecule has 21 heavy (non-hydrogen) atoms. The highest BCUT2D eigenvalue weighted by atomic mass is 16.4. The summed E-state index contributed by atoms with van der Waals surface area (Å²) in [5.41, 5.74) is 3.13. The fourth-order valence-corrected chi connectivity index (χ4v) is 3.79. The first-order chi connectivity index (χ1) is 9.85. The number of aliphatic carboxylic acids is 1. The highest BCUT2D eigenvalue weighted by Crippen LogP contribution is 2.44. The Hall–Kier alpha value is -1.31. The molecule has 0 unspecified atom stereocenters. The van der Waals surface area contributed by atoms with Crippen molar-refractivity contribution in [3.05, 3.63) is 34.9 Å². The van der Waals surface area contributed by atoms with Crippen LogP contribution >= 0.6 is 0 Å². The molecule has 0 aliphatic heterocycles. The Balaban J connectivity index is 2.23. The van der Waals surface area contributed by atoms with Gasteiger partial charge in [0.25, 0.3) is 0 Å². The van der Waals surface area contributed by atoms with Gasteiger partial charge >= 0.3 is 5.97 Å². The second-order valence-electron chi connectivity index (χ2n) is 7.21. The molecular formula is C19H28O2. The molecule has 0 amide bonds. The van der Waals surface area contributed by atoms with E-state index in [9.17, 15) is 9.90 Å². The average Bonchev–Trinajstić information content (AvgIpc) is 2.43. The molecule has 2 heteroatoms. The summed E-state index contributed by atoms with van der Waals surface area (Å²) in [4.78, 5) is 12.0. The molecule has 1 aliphatic rings. The third kappa shape index (κ3) is 3.30. The van der Waals surface area contributed by atoms with E-state index in [1.807, 2.05) is 0 Å². The summed E-state index contributed by atoms with van der Waals surface area (Å²) in [6, 6.07) is 6.24. The molecule has 1 N–H and O–H groups in total. The van der Waals surface area contributed by atoms with Crippen LogP contribution in [0, 0.1) is 31.1 Å².